The van der Waals surface area contributed by atoms with Crippen molar-refractivity contribution in [2.45, 2.75) is 0 Å². The van der Waals surface area contributed by atoms with Crippen LogP contribution in [0.25, 0.3) is 43.6 Å². The summed E-state index contributed by atoms with van der Waals surface area (Å²) in [4.78, 5) is 29.7. The molecule has 0 saturated carbocycles. The number of nitrogens with one attached hydrogen (secondary N) is 1. The Balaban J connectivity index is 2.03. The first-order valence-corrected chi connectivity index (χ1v) is 9.17. The molecule has 0 fully saturated rings. The molecule has 0 unspecified atom stereocenters. The summed E-state index contributed by atoms with van der Waals surface area (Å²) in [5.41, 5.74) is 2.37. The molecule has 1 N–H and O–H groups in total. The van der Waals surface area contributed by atoms with Crippen LogP contribution in [-0.4, -0.2) is 23.8 Å². The van der Waals surface area contributed by atoms with Crippen molar-refractivity contribution in [1.82, 2.24) is 9.55 Å². The largest absolute Gasteiger partial charge is 0.495 e. The Morgan fingerprint density at radius 3 is 2.17 bits per heavy atom. The van der Waals surface area contributed by atoms with E-state index in [0.717, 1.165) is 0 Å². The van der Waals surface area contributed by atoms with Crippen molar-refractivity contribution in [2.75, 3.05) is 14.2 Å². The average Bonchev–Trinajstić information content (AvgIpc) is 2.76. The van der Waals surface area contributed by atoms with Crippen molar-refractivity contribution in [2.24, 2.45) is 7.05 Å². The van der Waals surface area contributed by atoms with Crippen LogP contribution in [0.1, 0.15) is 0 Å². The number of aromatic amines is 1. The molecule has 0 spiro atoms. The lowest BCUT2D eigenvalue weighted by molar-refractivity contribution is 0.418. The number of fused-ring (bicyclic) bond motifs is 4. The van der Waals surface area contributed by atoms with E-state index < -0.39 is 0 Å². The van der Waals surface area contributed by atoms with Crippen molar-refractivity contribution in [3.8, 4) is 11.5 Å². The molecule has 0 aliphatic rings. The minimum absolute atomic E-state index is 0.102. The van der Waals surface area contributed by atoms with E-state index in [1.807, 2.05) is 17.7 Å². The monoisotopic (exact) mass is 386 g/mol. The summed E-state index contributed by atoms with van der Waals surface area (Å²) < 4.78 is 12.8. The van der Waals surface area contributed by atoms with Crippen LogP contribution in [0.5, 0.6) is 11.5 Å². The summed E-state index contributed by atoms with van der Waals surface area (Å²) in [5, 5.41) is 2.16. The molecule has 0 saturated heterocycles. The number of ether oxygens (including phenoxy) is 2. The highest BCUT2D eigenvalue weighted by Gasteiger charge is 2.16. The van der Waals surface area contributed by atoms with Crippen LogP contribution in [0.4, 0.5) is 0 Å². The van der Waals surface area contributed by atoms with Gasteiger partial charge in [0.05, 0.1) is 41.7 Å². The average molecular weight is 386 g/mol. The molecule has 3 aromatic carbocycles. The van der Waals surface area contributed by atoms with Gasteiger partial charge < -0.3 is 19.0 Å². The molecule has 29 heavy (non-hydrogen) atoms. The zero-order chi connectivity index (χ0) is 20.3. The molecule has 2 heterocycles. The summed E-state index contributed by atoms with van der Waals surface area (Å²) in [7, 11) is 5.01. The zero-order valence-corrected chi connectivity index (χ0v) is 16.2. The highest BCUT2D eigenvalue weighted by atomic mass is 16.5. The standard InChI is InChI=1S/C23H18N2O4/c1-25-17-11-14-16(24-20-12(22(14)26)6-4-8-18(20)28-2)10-15(17)23(27)13-7-5-9-19(29-3)21(13)25/h4-11H,1-3H3,(H,24,26). The number of aryl methyl sites for hydroxylation is 1. The van der Waals surface area contributed by atoms with Gasteiger partial charge in [-0.05, 0) is 36.4 Å². The van der Waals surface area contributed by atoms with Crippen LogP contribution in [-0.2, 0) is 7.05 Å². The number of nitrogens with zero attached hydrogens (tertiary/aromatic N) is 1. The Hall–Kier alpha value is -3.80. The van der Waals surface area contributed by atoms with Crippen molar-refractivity contribution in [3.63, 3.8) is 0 Å². The van der Waals surface area contributed by atoms with E-state index in [2.05, 4.69) is 4.98 Å². The second kappa shape index (κ2) is 6.10. The smallest absolute Gasteiger partial charge is 0.197 e. The first kappa shape index (κ1) is 17.3. The summed E-state index contributed by atoms with van der Waals surface area (Å²) in [6.07, 6.45) is 0. The SMILES string of the molecule is COc1cccc2c(=O)c3cc4c(cc3[nH]c12)c(=O)c1cccc(OC)c1n4C. The number of pyridine rings is 2. The zero-order valence-electron chi connectivity index (χ0n) is 16.2. The summed E-state index contributed by atoms with van der Waals surface area (Å²) in [6, 6.07) is 14.3. The van der Waals surface area contributed by atoms with E-state index in [0.29, 0.717) is 55.1 Å². The Kier molecular flexibility index (Phi) is 3.64. The van der Waals surface area contributed by atoms with Gasteiger partial charge in [0, 0.05) is 23.2 Å². The maximum atomic E-state index is 13.2. The molecule has 0 bridgehead atoms. The Bertz CT molecular complexity index is 1580. The third-order valence-electron chi connectivity index (χ3n) is 5.54. The van der Waals surface area contributed by atoms with Crippen molar-refractivity contribution >= 4 is 43.6 Å². The van der Waals surface area contributed by atoms with Crippen molar-refractivity contribution in [3.05, 3.63) is 69.0 Å². The third-order valence-corrected chi connectivity index (χ3v) is 5.54. The van der Waals surface area contributed by atoms with Gasteiger partial charge in [-0.25, -0.2) is 0 Å². The first-order chi connectivity index (χ1) is 14.0. The van der Waals surface area contributed by atoms with Crippen LogP contribution in [0.15, 0.2) is 58.1 Å². The highest BCUT2D eigenvalue weighted by molar-refractivity contribution is 6.04. The summed E-state index contributed by atoms with van der Waals surface area (Å²) >= 11 is 0. The van der Waals surface area contributed by atoms with Gasteiger partial charge in [-0.2, -0.15) is 0 Å². The fourth-order valence-corrected chi connectivity index (χ4v) is 4.12. The predicted molar refractivity (Wildman–Crippen MR) is 115 cm³/mol. The highest BCUT2D eigenvalue weighted by Crippen LogP contribution is 2.29. The van der Waals surface area contributed by atoms with E-state index in [1.54, 1.807) is 56.7 Å². The molecule has 0 aliphatic heterocycles. The van der Waals surface area contributed by atoms with E-state index in [4.69, 9.17) is 9.47 Å². The number of hydrogen-bond acceptors (Lipinski definition) is 4. The Labute approximate surface area is 164 Å². The number of benzene rings is 3. The maximum Gasteiger partial charge on any atom is 0.197 e. The predicted octanol–water partition coefficient (Wildman–Crippen LogP) is 3.70. The Morgan fingerprint density at radius 1 is 0.793 bits per heavy atom. The van der Waals surface area contributed by atoms with Gasteiger partial charge in [0.15, 0.2) is 10.9 Å². The van der Waals surface area contributed by atoms with Gasteiger partial charge in [-0.3, -0.25) is 9.59 Å². The maximum absolute atomic E-state index is 13.2. The van der Waals surface area contributed by atoms with Crippen molar-refractivity contribution in [1.29, 1.82) is 0 Å². The number of rotatable bonds is 2. The van der Waals surface area contributed by atoms with Crippen LogP contribution < -0.4 is 20.3 Å². The van der Waals surface area contributed by atoms with Crippen LogP contribution in [0, 0.1) is 0 Å². The first-order valence-electron chi connectivity index (χ1n) is 9.17. The third kappa shape index (κ3) is 2.29. The number of aromatic nitrogens is 2. The Morgan fingerprint density at radius 2 is 1.45 bits per heavy atom. The van der Waals surface area contributed by atoms with E-state index in [9.17, 15) is 9.59 Å². The number of methoxy groups -OCH3 is 2. The molecular formula is C23H18N2O4. The van der Waals surface area contributed by atoms with E-state index in [1.165, 1.54) is 0 Å². The lowest BCUT2D eigenvalue weighted by Crippen LogP contribution is -2.12. The molecule has 0 amide bonds. The van der Waals surface area contributed by atoms with E-state index >= 15 is 0 Å². The lowest BCUT2D eigenvalue weighted by Gasteiger charge is -2.14. The minimum Gasteiger partial charge on any atom is -0.495 e. The number of para-hydroxylation sites is 2. The second-order valence-corrected chi connectivity index (χ2v) is 7.00. The minimum atomic E-state index is -0.109. The van der Waals surface area contributed by atoms with Crippen LogP contribution >= 0.6 is 0 Å². The van der Waals surface area contributed by atoms with Crippen LogP contribution in [0.3, 0.4) is 0 Å². The van der Waals surface area contributed by atoms with Gasteiger partial charge in [0.2, 0.25) is 0 Å². The summed E-state index contributed by atoms with van der Waals surface area (Å²) in [6.45, 7) is 0. The molecular weight excluding hydrogens is 368 g/mol. The molecule has 5 aromatic rings. The second-order valence-electron chi connectivity index (χ2n) is 7.00. The van der Waals surface area contributed by atoms with E-state index in [-0.39, 0.29) is 10.9 Å². The molecule has 144 valence electrons. The van der Waals surface area contributed by atoms with Crippen molar-refractivity contribution < 1.29 is 9.47 Å². The molecule has 0 aliphatic carbocycles. The molecule has 6 heteroatoms. The van der Waals surface area contributed by atoms with Gasteiger partial charge in [0.25, 0.3) is 0 Å². The lowest BCUT2D eigenvalue weighted by atomic mass is 10.0. The number of hydrogen-bond donors (Lipinski definition) is 1. The van der Waals surface area contributed by atoms with Gasteiger partial charge in [-0.1, -0.05) is 12.1 Å². The topological polar surface area (TPSA) is 73.3 Å². The van der Waals surface area contributed by atoms with Crippen LogP contribution in [0.2, 0.25) is 0 Å². The van der Waals surface area contributed by atoms with Gasteiger partial charge >= 0.3 is 0 Å². The fourth-order valence-electron chi connectivity index (χ4n) is 4.12. The molecule has 5 rings (SSSR count). The molecule has 6 nitrogen and oxygen atoms in total. The number of H-pyrrole nitrogens is 1. The normalized spacial score (nSPS) is 11.6. The van der Waals surface area contributed by atoms with Gasteiger partial charge in [0.1, 0.15) is 11.5 Å². The summed E-state index contributed by atoms with van der Waals surface area (Å²) in [5.74, 6) is 1.19. The molecule has 0 atom stereocenters. The quantitative estimate of drug-likeness (QED) is 0.470. The fraction of sp³-hybridized carbons (Fsp3) is 0.130. The van der Waals surface area contributed by atoms with Gasteiger partial charge in [-0.15, -0.1) is 0 Å². The molecule has 2 aromatic heterocycles. The molecule has 0 radical (unpaired) electrons.